The van der Waals surface area contributed by atoms with E-state index in [4.69, 9.17) is 0 Å². The molecule has 0 aliphatic rings. The van der Waals surface area contributed by atoms with Gasteiger partial charge in [-0.25, -0.2) is 0 Å². The Labute approximate surface area is 79.3 Å². The number of carbonyl (C=O) groups excluding carboxylic acids is 1. The summed E-state index contributed by atoms with van der Waals surface area (Å²) in [6.07, 6.45) is 3.75. The van der Waals surface area contributed by atoms with E-state index in [1.54, 1.807) is 19.4 Å². The number of likely N-dealkylation sites (N-methyl/N-ethyl adjacent to an activating group) is 1. The van der Waals surface area contributed by atoms with Crippen molar-refractivity contribution in [3.05, 3.63) is 28.5 Å². The summed E-state index contributed by atoms with van der Waals surface area (Å²) in [4.78, 5) is 14.9. The molecule has 0 saturated heterocycles. The largest absolute Gasteiger partial charge is 0.359 e. The monoisotopic (exact) mass is 228 g/mol. The zero-order chi connectivity index (χ0) is 8.97. The molecule has 1 amide bonds. The highest BCUT2D eigenvalue weighted by atomic mass is 79.9. The predicted octanol–water partition coefficient (Wildman–Crippen LogP) is 1.13. The van der Waals surface area contributed by atoms with Gasteiger partial charge in [-0.15, -0.1) is 0 Å². The Kier molecular flexibility index (Phi) is 3.22. The van der Waals surface area contributed by atoms with Gasteiger partial charge in [0.25, 0.3) is 0 Å². The van der Waals surface area contributed by atoms with Gasteiger partial charge in [-0.05, 0) is 27.6 Å². The SMILES string of the molecule is CNC(=O)Cc1cncc(Br)c1. The van der Waals surface area contributed by atoms with Crippen molar-refractivity contribution in [2.75, 3.05) is 7.05 Å². The van der Waals surface area contributed by atoms with Crippen LogP contribution in [-0.2, 0) is 11.2 Å². The molecular weight excluding hydrogens is 220 g/mol. The molecule has 1 aromatic rings. The highest BCUT2D eigenvalue weighted by Crippen LogP contribution is 2.09. The van der Waals surface area contributed by atoms with Crippen LogP contribution in [0.5, 0.6) is 0 Å². The van der Waals surface area contributed by atoms with Crippen LogP contribution >= 0.6 is 15.9 Å². The number of nitrogens with zero attached hydrogens (tertiary/aromatic N) is 1. The van der Waals surface area contributed by atoms with Crippen molar-refractivity contribution in [1.82, 2.24) is 10.3 Å². The average molecular weight is 229 g/mol. The highest BCUT2D eigenvalue weighted by Gasteiger charge is 2.00. The lowest BCUT2D eigenvalue weighted by Crippen LogP contribution is -2.19. The molecule has 0 aliphatic heterocycles. The summed E-state index contributed by atoms with van der Waals surface area (Å²) < 4.78 is 0.893. The summed E-state index contributed by atoms with van der Waals surface area (Å²) in [5.74, 6) is -0.00472. The van der Waals surface area contributed by atoms with E-state index >= 15 is 0 Å². The Morgan fingerprint density at radius 2 is 2.42 bits per heavy atom. The quantitative estimate of drug-likeness (QED) is 0.825. The maximum atomic E-state index is 10.9. The van der Waals surface area contributed by atoms with E-state index in [0.717, 1.165) is 10.0 Å². The number of pyridine rings is 1. The number of hydrogen-bond donors (Lipinski definition) is 1. The summed E-state index contributed by atoms with van der Waals surface area (Å²) in [6.45, 7) is 0. The lowest BCUT2D eigenvalue weighted by atomic mass is 10.2. The van der Waals surface area contributed by atoms with Gasteiger partial charge in [0.2, 0.25) is 5.91 Å². The maximum absolute atomic E-state index is 10.9. The van der Waals surface area contributed by atoms with E-state index in [9.17, 15) is 4.79 Å². The summed E-state index contributed by atoms with van der Waals surface area (Å²) in [5, 5.41) is 2.55. The Hall–Kier alpha value is -0.900. The van der Waals surface area contributed by atoms with Crippen molar-refractivity contribution in [2.45, 2.75) is 6.42 Å². The molecule has 0 spiro atoms. The molecule has 0 bridgehead atoms. The number of aromatic nitrogens is 1. The van der Waals surface area contributed by atoms with Gasteiger partial charge < -0.3 is 5.32 Å². The Morgan fingerprint density at radius 1 is 1.67 bits per heavy atom. The third-order valence-electron chi connectivity index (χ3n) is 1.41. The lowest BCUT2D eigenvalue weighted by molar-refractivity contribution is -0.119. The molecule has 0 fully saturated rings. The van der Waals surface area contributed by atoms with Crippen molar-refractivity contribution < 1.29 is 4.79 Å². The summed E-state index contributed by atoms with van der Waals surface area (Å²) >= 11 is 3.28. The smallest absolute Gasteiger partial charge is 0.224 e. The van der Waals surface area contributed by atoms with E-state index in [1.807, 2.05) is 6.07 Å². The summed E-state index contributed by atoms with van der Waals surface area (Å²) in [7, 11) is 1.62. The number of hydrogen-bond acceptors (Lipinski definition) is 2. The van der Waals surface area contributed by atoms with Gasteiger partial charge in [-0.3, -0.25) is 9.78 Å². The van der Waals surface area contributed by atoms with Gasteiger partial charge in [0.05, 0.1) is 6.42 Å². The van der Waals surface area contributed by atoms with Crippen molar-refractivity contribution in [3.63, 3.8) is 0 Å². The third kappa shape index (κ3) is 2.62. The van der Waals surface area contributed by atoms with E-state index in [0.29, 0.717) is 6.42 Å². The second-order valence-corrected chi connectivity index (χ2v) is 3.28. The van der Waals surface area contributed by atoms with Crippen LogP contribution in [-0.4, -0.2) is 17.9 Å². The molecule has 3 nitrogen and oxygen atoms in total. The Balaban J connectivity index is 2.69. The fraction of sp³-hybridized carbons (Fsp3) is 0.250. The van der Waals surface area contributed by atoms with Gasteiger partial charge in [0, 0.05) is 23.9 Å². The molecule has 12 heavy (non-hydrogen) atoms. The molecule has 64 valence electrons. The molecule has 0 aliphatic carbocycles. The van der Waals surface area contributed by atoms with Crippen molar-refractivity contribution in [1.29, 1.82) is 0 Å². The first-order chi connectivity index (χ1) is 5.72. The van der Waals surface area contributed by atoms with Gasteiger partial charge in [-0.1, -0.05) is 0 Å². The molecule has 0 atom stereocenters. The molecule has 1 heterocycles. The summed E-state index contributed by atoms with van der Waals surface area (Å²) in [5.41, 5.74) is 0.906. The number of halogens is 1. The van der Waals surface area contributed by atoms with Crippen LogP contribution in [0, 0.1) is 0 Å². The first-order valence-electron chi connectivity index (χ1n) is 3.52. The summed E-state index contributed by atoms with van der Waals surface area (Å²) in [6, 6.07) is 1.88. The standard InChI is InChI=1S/C8H9BrN2O/c1-10-8(12)3-6-2-7(9)5-11-4-6/h2,4-5H,3H2,1H3,(H,10,12). The van der Waals surface area contributed by atoms with Gasteiger partial charge in [0.1, 0.15) is 0 Å². The molecule has 4 heteroatoms. The molecule has 0 aromatic carbocycles. The van der Waals surface area contributed by atoms with Crippen LogP contribution in [0.25, 0.3) is 0 Å². The van der Waals surface area contributed by atoms with Crippen molar-refractivity contribution in [2.24, 2.45) is 0 Å². The van der Waals surface area contributed by atoms with E-state index in [-0.39, 0.29) is 5.91 Å². The van der Waals surface area contributed by atoms with E-state index < -0.39 is 0 Å². The number of carbonyl (C=O) groups is 1. The topological polar surface area (TPSA) is 42.0 Å². The van der Waals surface area contributed by atoms with Crippen LogP contribution in [0.3, 0.4) is 0 Å². The molecular formula is C8H9BrN2O. The first kappa shape index (κ1) is 9.19. The lowest BCUT2D eigenvalue weighted by Gasteiger charge is -1.99. The van der Waals surface area contributed by atoms with E-state index in [1.165, 1.54) is 0 Å². The average Bonchev–Trinajstić information content (AvgIpc) is 2.04. The van der Waals surface area contributed by atoms with E-state index in [2.05, 4.69) is 26.2 Å². The Bertz CT molecular complexity index is 288. The third-order valence-corrected chi connectivity index (χ3v) is 1.84. The number of amides is 1. The van der Waals surface area contributed by atoms with Gasteiger partial charge in [0.15, 0.2) is 0 Å². The number of rotatable bonds is 2. The minimum absolute atomic E-state index is 0.00472. The molecule has 0 unspecified atom stereocenters. The van der Waals surface area contributed by atoms with Crippen LogP contribution in [0.1, 0.15) is 5.56 Å². The molecule has 1 N–H and O–H groups in total. The minimum atomic E-state index is -0.00472. The van der Waals surface area contributed by atoms with Crippen molar-refractivity contribution >= 4 is 21.8 Å². The van der Waals surface area contributed by atoms with Gasteiger partial charge >= 0.3 is 0 Å². The molecule has 1 aromatic heterocycles. The molecule has 0 radical (unpaired) electrons. The zero-order valence-corrected chi connectivity index (χ0v) is 8.26. The number of nitrogens with one attached hydrogen (secondary N) is 1. The van der Waals surface area contributed by atoms with Crippen LogP contribution in [0.4, 0.5) is 0 Å². The van der Waals surface area contributed by atoms with Crippen molar-refractivity contribution in [3.8, 4) is 0 Å². The highest BCUT2D eigenvalue weighted by molar-refractivity contribution is 9.10. The molecule has 1 rings (SSSR count). The van der Waals surface area contributed by atoms with Gasteiger partial charge in [-0.2, -0.15) is 0 Å². The van der Waals surface area contributed by atoms with Crippen LogP contribution in [0.15, 0.2) is 22.9 Å². The predicted molar refractivity (Wildman–Crippen MR) is 49.7 cm³/mol. The fourth-order valence-electron chi connectivity index (χ4n) is 0.826. The molecule has 0 saturated carbocycles. The minimum Gasteiger partial charge on any atom is -0.359 e. The second-order valence-electron chi connectivity index (χ2n) is 2.36. The zero-order valence-electron chi connectivity index (χ0n) is 6.67. The second kappa shape index (κ2) is 4.21. The Morgan fingerprint density at radius 3 is 3.00 bits per heavy atom. The van der Waals surface area contributed by atoms with Crippen LogP contribution < -0.4 is 5.32 Å². The normalized spacial score (nSPS) is 9.50. The maximum Gasteiger partial charge on any atom is 0.224 e. The first-order valence-corrected chi connectivity index (χ1v) is 4.31. The van der Waals surface area contributed by atoms with Crippen LogP contribution in [0.2, 0.25) is 0 Å². The fourth-order valence-corrected chi connectivity index (χ4v) is 1.24.